The summed E-state index contributed by atoms with van der Waals surface area (Å²) < 4.78 is 16.8. The number of unbranched alkanes of at least 4 members (excludes halogenated alkanes) is 20. The number of rotatable bonds is 46. The summed E-state index contributed by atoms with van der Waals surface area (Å²) in [5.74, 6) is -1.00. The summed E-state index contributed by atoms with van der Waals surface area (Å²) in [6.07, 6.45) is 75.7. The molecule has 376 valence electrons. The summed E-state index contributed by atoms with van der Waals surface area (Å²) in [7, 11) is 0. The smallest absolute Gasteiger partial charge is 0.306 e. The zero-order valence-corrected chi connectivity index (χ0v) is 42.9. The average Bonchev–Trinajstić information content (AvgIpc) is 3.33. The van der Waals surface area contributed by atoms with Crippen LogP contribution >= 0.6 is 0 Å². The lowest BCUT2D eigenvalue weighted by Gasteiger charge is -2.18. The van der Waals surface area contributed by atoms with Crippen LogP contribution in [0.15, 0.2) is 134 Å². The van der Waals surface area contributed by atoms with Crippen LogP contribution in [0.5, 0.6) is 0 Å². The Balaban J connectivity index is 4.57. The lowest BCUT2D eigenvalue weighted by molar-refractivity contribution is -0.167. The molecule has 0 fully saturated rings. The van der Waals surface area contributed by atoms with E-state index in [1.165, 1.54) is 70.6 Å². The monoisotopic (exact) mass is 925 g/mol. The number of esters is 3. The highest BCUT2D eigenvalue weighted by Gasteiger charge is 2.19. The molecule has 0 amide bonds. The van der Waals surface area contributed by atoms with Gasteiger partial charge in [0, 0.05) is 19.3 Å². The fourth-order valence-electron chi connectivity index (χ4n) is 6.86. The van der Waals surface area contributed by atoms with Crippen molar-refractivity contribution in [2.75, 3.05) is 13.2 Å². The van der Waals surface area contributed by atoms with E-state index in [1.54, 1.807) is 0 Å². The van der Waals surface area contributed by atoms with Crippen LogP contribution in [-0.4, -0.2) is 37.2 Å². The van der Waals surface area contributed by atoms with Gasteiger partial charge in [0.05, 0.1) is 0 Å². The van der Waals surface area contributed by atoms with Crippen LogP contribution in [0.3, 0.4) is 0 Å². The van der Waals surface area contributed by atoms with Crippen molar-refractivity contribution in [3.63, 3.8) is 0 Å². The SMILES string of the molecule is CC\C=C/C=C\C=C/C=C\C=C\C=C/C=C\CCCCCC(=O)OCC(COC(=O)CCCCCCCCC/C=C\C/C=C\CC)OC(=O)CCCCC/C=C\C=C/CCCCCCCCC. The van der Waals surface area contributed by atoms with E-state index in [0.29, 0.717) is 12.8 Å². The van der Waals surface area contributed by atoms with Crippen LogP contribution < -0.4 is 0 Å². The van der Waals surface area contributed by atoms with Crippen molar-refractivity contribution in [1.82, 2.24) is 0 Å². The van der Waals surface area contributed by atoms with E-state index >= 15 is 0 Å². The van der Waals surface area contributed by atoms with Crippen LogP contribution in [0, 0.1) is 0 Å². The van der Waals surface area contributed by atoms with E-state index in [2.05, 4.69) is 81.5 Å². The normalized spacial score (nSPS) is 13.2. The fraction of sp³-hybridized carbons (Fsp3) is 0.590. The summed E-state index contributed by atoms with van der Waals surface area (Å²) in [4.78, 5) is 38.1. The molecule has 0 N–H and O–H groups in total. The summed E-state index contributed by atoms with van der Waals surface area (Å²) in [5, 5.41) is 0. The van der Waals surface area contributed by atoms with Crippen molar-refractivity contribution < 1.29 is 28.6 Å². The summed E-state index contributed by atoms with van der Waals surface area (Å²) >= 11 is 0. The number of hydrogen-bond acceptors (Lipinski definition) is 6. The minimum Gasteiger partial charge on any atom is -0.462 e. The molecule has 0 bridgehead atoms. The first-order chi connectivity index (χ1) is 33.0. The molecule has 0 spiro atoms. The van der Waals surface area contributed by atoms with Gasteiger partial charge in [-0.3, -0.25) is 14.4 Å². The molecule has 1 unspecified atom stereocenters. The van der Waals surface area contributed by atoms with Gasteiger partial charge in [-0.15, -0.1) is 0 Å². The van der Waals surface area contributed by atoms with Gasteiger partial charge in [0.15, 0.2) is 6.10 Å². The predicted molar refractivity (Wildman–Crippen MR) is 288 cm³/mol. The van der Waals surface area contributed by atoms with E-state index in [1.807, 2.05) is 72.9 Å². The van der Waals surface area contributed by atoms with Crippen LogP contribution in [-0.2, 0) is 28.6 Å². The van der Waals surface area contributed by atoms with Gasteiger partial charge in [-0.05, 0) is 89.9 Å². The van der Waals surface area contributed by atoms with Gasteiger partial charge in [-0.25, -0.2) is 0 Å². The van der Waals surface area contributed by atoms with E-state index in [4.69, 9.17) is 14.2 Å². The second-order valence-electron chi connectivity index (χ2n) is 17.2. The van der Waals surface area contributed by atoms with Crippen LogP contribution in [0.2, 0.25) is 0 Å². The van der Waals surface area contributed by atoms with Crippen molar-refractivity contribution in [2.24, 2.45) is 0 Å². The van der Waals surface area contributed by atoms with E-state index in [-0.39, 0.29) is 37.5 Å². The van der Waals surface area contributed by atoms with Gasteiger partial charge >= 0.3 is 17.9 Å². The molecular formula is C61H96O6. The summed E-state index contributed by atoms with van der Waals surface area (Å²) in [6.45, 7) is 6.30. The standard InChI is InChI=1S/C61H96O6/c1-4-7-10-13-16-19-22-25-28-30-31-32-34-36-39-42-45-48-51-54-60(63)66-57-58(56-65-59(62)53-50-47-44-41-38-35-27-24-21-18-15-12-9-6-3)67-61(64)55-52-49-46-43-40-37-33-29-26-23-20-17-14-11-8-5-2/h7,9-10,12-13,16,18-19,21-22,25,28-34,36-37,39-40,58H,4-6,8,11,14-15,17,20,23-24,26-27,35,38,41-57H2,1-3H3/b10-7-,12-9-,16-13-,21-18-,22-19-,28-25-,31-30+,33-29-,34-32-,39-36-,40-37-. The second-order valence-corrected chi connectivity index (χ2v) is 17.2. The largest absolute Gasteiger partial charge is 0.462 e. The maximum atomic E-state index is 12.8. The van der Waals surface area contributed by atoms with Gasteiger partial charge in [0.2, 0.25) is 0 Å². The molecule has 0 aromatic rings. The van der Waals surface area contributed by atoms with Crippen molar-refractivity contribution in [1.29, 1.82) is 0 Å². The maximum Gasteiger partial charge on any atom is 0.306 e. The molecule has 0 aliphatic heterocycles. The minimum atomic E-state index is -0.819. The van der Waals surface area contributed by atoms with E-state index in [0.717, 1.165) is 103 Å². The molecule has 0 saturated heterocycles. The lowest BCUT2D eigenvalue weighted by Crippen LogP contribution is -2.30. The number of allylic oxidation sites excluding steroid dienone is 22. The fourth-order valence-corrected chi connectivity index (χ4v) is 6.86. The third-order valence-electron chi connectivity index (χ3n) is 10.8. The van der Waals surface area contributed by atoms with Crippen LogP contribution in [0.1, 0.15) is 213 Å². The first-order valence-corrected chi connectivity index (χ1v) is 26.8. The Morgan fingerprint density at radius 2 is 0.657 bits per heavy atom. The Hall–Kier alpha value is -4.45. The predicted octanol–water partition coefficient (Wildman–Crippen LogP) is 17.9. The molecule has 0 radical (unpaired) electrons. The first kappa shape index (κ1) is 62.5. The van der Waals surface area contributed by atoms with Crippen molar-refractivity contribution in [3.05, 3.63) is 134 Å². The Kier molecular flexibility index (Phi) is 50.6. The molecule has 6 heteroatoms. The molecule has 0 saturated carbocycles. The molecule has 6 nitrogen and oxygen atoms in total. The Labute approximate surface area is 411 Å². The van der Waals surface area contributed by atoms with Crippen molar-refractivity contribution in [2.45, 2.75) is 219 Å². The maximum absolute atomic E-state index is 12.8. The summed E-state index contributed by atoms with van der Waals surface area (Å²) in [6, 6.07) is 0. The van der Waals surface area contributed by atoms with Gasteiger partial charge in [0.25, 0.3) is 0 Å². The van der Waals surface area contributed by atoms with Gasteiger partial charge in [0.1, 0.15) is 13.2 Å². The Bertz CT molecular complexity index is 1480. The highest BCUT2D eigenvalue weighted by atomic mass is 16.6. The summed E-state index contributed by atoms with van der Waals surface area (Å²) in [5.41, 5.74) is 0. The highest BCUT2D eigenvalue weighted by molar-refractivity contribution is 5.71. The van der Waals surface area contributed by atoms with Gasteiger partial charge in [-0.1, -0.05) is 238 Å². The molecule has 0 aliphatic rings. The number of ether oxygens (including phenoxy) is 3. The number of hydrogen-bond donors (Lipinski definition) is 0. The van der Waals surface area contributed by atoms with Crippen molar-refractivity contribution in [3.8, 4) is 0 Å². The van der Waals surface area contributed by atoms with Crippen LogP contribution in [0.4, 0.5) is 0 Å². The van der Waals surface area contributed by atoms with Crippen molar-refractivity contribution >= 4 is 17.9 Å². The van der Waals surface area contributed by atoms with Gasteiger partial charge in [-0.2, -0.15) is 0 Å². The Morgan fingerprint density at radius 1 is 0.328 bits per heavy atom. The minimum absolute atomic E-state index is 0.113. The quantitative estimate of drug-likeness (QED) is 0.0199. The molecule has 1 atom stereocenters. The van der Waals surface area contributed by atoms with E-state index < -0.39 is 6.10 Å². The van der Waals surface area contributed by atoms with Gasteiger partial charge < -0.3 is 14.2 Å². The molecule has 0 aromatic heterocycles. The van der Waals surface area contributed by atoms with Crippen LogP contribution in [0.25, 0.3) is 0 Å². The number of carbonyl (C=O) groups is 3. The zero-order valence-electron chi connectivity index (χ0n) is 42.9. The third kappa shape index (κ3) is 52.4. The topological polar surface area (TPSA) is 78.9 Å². The third-order valence-corrected chi connectivity index (χ3v) is 10.8. The Morgan fingerprint density at radius 3 is 1.10 bits per heavy atom. The molecule has 0 aliphatic carbocycles. The highest BCUT2D eigenvalue weighted by Crippen LogP contribution is 2.13. The molecule has 0 rings (SSSR count). The zero-order chi connectivity index (χ0) is 48.6. The molecule has 0 aromatic carbocycles. The second kappa shape index (κ2) is 54.2. The first-order valence-electron chi connectivity index (χ1n) is 26.8. The molecule has 67 heavy (non-hydrogen) atoms. The average molecular weight is 925 g/mol. The lowest BCUT2D eigenvalue weighted by atomic mass is 10.1. The van der Waals surface area contributed by atoms with E-state index in [9.17, 15) is 14.4 Å². The molecular weight excluding hydrogens is 829 g/mol. The number of carbonyl (C=O) groups excluding carboxylic acids is 3. The molecule has 0 heterocycles.